The molecule has 2 aromatic rings. The predicted octanol–water partition coefficient (Wildman–Crippen LogP) is 1.78. The normalized spacial score (nSPS) is 13.1. The Hall–Kier alpha value is -2.80. The van der Waals surface area contributed by atoms with Crippen LogP contribution in [0.5, 0.6) is 0 Å². The summed E-state index contributed by atoms with van der Waals surface area (Å²) in [6.45, 7) is 0. The number of nitrogens with two attached hydrogens (primary N) is 1. The monoisotopic (exact) mass is 334 g/mol. The van der Waals surface area contributed by atoms with Crippen molar-refractivity contribution in [2.45, 2.75) is 18.5 Å². The van der Waals surface area contributed by atoms with Crippen LogP contribution in [0.4, 0.5) is 8.78 Å². The standard InChI is InChI=1S/C17H16F2N2O3/c18-12-6-4-11(5-7-12)15(20)16(22)21-14(17(23)24)9-10-2-1-3-13(19)8-10/h1-8,14-15H,9,20H2,(H,21,22)(H,23,24)/t14?,15-/m0/s1. The number of hydrogen-bond donors (Lipinski definition) is 3. The minimum absolute atomic E-state index is 0.0883. The van der Waals surface area contributed by atoms with Crippen molar-refractivity contribution in [2.75, 3.05) is 0 Å². The number of carboxylic acids is 1. The van der Waals surface area contributed by atoms with Gasteiger partial charge in [0.15, 0.2) is 0 Å². The van der Waals surface area contributed by atoms with Crippen LogP contribution in [0.3, 0.4) is 0 Å². The Kier molecular flexibility index (Phi) is 5.59. The van der Waals surface area contributed by atoms with Gasteiger partial charge < -0.3 is 16.2 Å². The number of carboxylic acid groups (broad SMARTS) is 1. The minimum Gasteiger partial charge on any atom is -0.480 e. The molecule has 2 aromatic carbocycles. The summed E-state index contributed by atoms with van der Waals surface area (Å²) in [6, 6.07) is 8.06. The van der Waals surface area contributed by atoms with Crippen LogP contribution >= 0.6 is 0 Å². The van der Waals surface area contributed by atoms with Gasteiger partial charge in [0.1, 0.15) is 23.7 Å². The van der Waals surface area contributed by atoms with E-state index in [1.165, 1.54) is 30.3 Å². The molecule has 0 aliphatic heterocycles. The lowest BCUT2D eigenvalue weighted by Gasteiger charge is -2.18. The number of halogens is 2. The summed E-state index contributed by atoms with van der Waals surface area (Å²) in [7, 11) is 0. The third-order valence-corrected chi connectivity index (χ3v) is 3.46. The summed E-state index contributed by atoms with van der Waals surface area (Å²) >= 11 is 0. The van der Waals surface area contributed by atoms with Gasteiger partial charge in [0, 0.05) is 6.42 Å². The van der Waals surface area contributed by atoms with Crippen LogP contribution in [0.2, 0.25) is 0 Å². The fourth-order valence-corrected chi connectivity index (χ4v) is 2.18. The van der Waals surface area contributed by atoms with Crippen LogP contribution in [0.1, 0.15) is 17.2 Å². The minimum atomic E-state index is -1.26. The summed E-state index contributed by atoms with van der Waals surface area (Å²) in [5.74, 6) is -2.95. The smallest absolute Gasteiger partial charge is 0.326 e. The first kappa shape index (κ1) is 17.6. The lowest BCUT2D eigenvalue weighted by molar-refractivity contribution is -0.142. The lowest BCUT2D eigenvalue weighted by Crippen LogP contribution is -2.46. The van der Waals surface area contributed by atoms with E-state index < -0.39 is 35.6 Å². The molecule has 7 heteroatoms. The molecular formula is C17H16F2N2O3. The number of rotatable bonds is 6. The average molecular weight is 334 g/mol. The summed E-state index contributed by atoms with van der Waals surface area (Å²) in [5, 5.41) is 11.6. The topological polar surface area (TPSA) is 92.4 Å². The zero-order chi connectivity index (χ0) is 17.7. The van der Waals surface area contributed by atoms with Gasteiger partial charge >= 0.3 is 5.97 Å². The second-order valence-electron chi connectivity index (χ2n) is 5.26. The largest absolute Gasteiger partial charge is 0.480 e. The number of carbonyl (C=O) groups excluding carboxylic acids is 1. The van der Waals surface area contributed by atoms with Crippen molar-refractivity contribution in [3.05, 3.63) is 71.3 Å². The number of nitrogens with one attached hydrogen (secondary N) is 1. The molecule has 5 nitrogen and oxygen atoms in total. The number of carbonyl (C=O) groups is 2. The molecule has 2 atom stereocenters. The van der Waals surface area contributed by atoms with Crippen molar-refractivity contribution in [2.24, 2.45) is 5.73 Å². The zero-order valence-electron chi connectivity index (χ0n) is 12.6. The third-order valence-electron chi connectivity index (χ3n) is 3.46. The first-order chi connectivity index (χ1) is 11.4. The van der Waals surface area contributed by atoms with Crippen molar-refractivity contribution < 1.29 is 23.5 Å². The van der Waals surface area contributed by atoms with Crippen LogP contribution in [0, 0.1) is 11.6 Å². The Morgan fingerprint density at radius 3 is 2.33 bits per heavy atom. The van der Waals surface area contributed by atoms with Crippen molar-refractivity contribution in [1.82, 2.24) is 5.32 Å². The zero-order valence-corrected chi connectivity index (χ0v) is 12.6. The van der Waals surface area contributed by atoms with E-state index in [0.717, 1.165) is 12.1 Å². The van der Waals surface area contributed by atoms with Gasteiger partial charge in [-0.1, -0.05) is 24.3 Å². The van der Waals surface area contributed by atoms with E-state index in [9.17, 15) is 23.5 Å². The maximum Gasteiger partial charge on any atom is 0.326 e. The molecule has 24 heavy (non-hydrogen) atoms. The molecule has 0 saturated carbocycles. The summed E-state index contributed by atoms with van der Waals surface area (Å²) < 4.78 is 26.1. The maximum atomic E-state index is 13.2. The van der Waals surface area contributed by atoms with E-state index in [2.05, 4.69) is 5.32 Å². The van der Waals surface area contributed by atoms with Gasteiger partial charge in [0.05, 0.1) is 0 Å². The van der Waals surface area contributed by atoms with Gasteiger partial charge in [-0.2, -0.15) is 0 Å². The highest BCUT2D eigenvalue weighted by Crippen LogP contribution is 2.13. The Morgan fingerprint density at radius 1 is 1.08 bits per heavy atom. The van der Waals surface area contributed by atoms with Gasteiger partial charge in [-0.25, -0.2) is 13.6 Å². The highest BCUT2D eigenvalue weighted by atomic mass is 19.1. The lowest BCUT2D eigenvalue weighted by atomic mass is 10.0. The molecule has 0 heterocycles. The van der Waals surface area contributed by atoms with Gasteiger partial charge in [-0.05, 0) is 35.4 Å². The first-order valence-corrected chi connectivity index (χ1v) is 7.15. The van der Waals surface area contributed by atoms with Crippen molar-refractivity contribution in [3.63, 3.8) is 0 Å². The molecule has 0 saturated heterocycles. The van der Waals surface area contributed by atoms with E-state index in [4.69, 9.17) is 5.73 Å². The summed E-state index contributed by atoms with van der Waals surface area (Å²) in [5.41, 5.74) is 6.55. The molecule has 1 amide bonds. The third kappa shape index (κ3) is 4.60. The molecule has 0 bridgehead atoms. The van der Waals surface area contributed by atoms with Gasteiger partial charge in [-0.3, -0.25) is 4.79 Å². The summed E-state index contributed by atoms with van der Waals surface area (Å²) in [4.78, 5) is 23.5. The Labute approximate surface area is 137 Å². The Bertz CT molecular complexity index is 735. The highest BCUT2D eigenvalue weighted by molar-refractivity contribution is 5.87. The van der Waals surface area contributed by atoms with Crippen molar-refractivity contribution >= 4 is 11.9 Å². The molecule has 2 rings (SSSR count). The van der Waals surface area contributed by atoms with E-state index in [0.29, 0.717) is 11.1 Å². The first-order valence-electron chi connectivity index (χ1n) is 7.15. The number of hydrogen-bond acceptors (Lipinski definition) is 3. The molecular weight excluding hydrogens is 318 g/mol. The molecule has 0 radical (unpaired) electrons. The summed E-state index contributed by atoms with van der Waals surface area (Å²) in [6.07, 6.45) is -0.0883. The molecule has 0 aromatic heterocycles. The van der Waals surface area contributed by atoms with Gasteiger partial charge in [-0.15, -0.1) is 0 Å². The fraction of sp³-hybridized carbons (Fsp3) is 0.176. The fourth-order valence-electron chi connectivity index (χ4n) is 2.18. The molecule has 0 fully saturated rings. The molecule has 0 aliphatic carbocycles. The predicted molar refractivity (Wildman–Crippen MR) is 83.0 cm³/mol. The van der Waals surface area contributed by atoms with Crippen LogP contribution < -0.4 is 11.1 Å². The number of amides is 1. The quantitative estimate of drug-likeness (QED) is 0.751. The molecule has 4 N–H and O–H groups in total. The molecule has 1 unspecified atom stereocenters. The van der Waals surface area contributed by atoms with E-state index in [1.807, 2.05) is 0 Å². The average Bonchev–Trinajstić information content (AvgIpc) is 2.54. The van der Waals surface area contributed by atoms with Crippen LogP contribution in [0.25, 0.3) is 0 Å². The van der Waals surface area contributed by atoms with Gasteiger partial charge in [0.25, 0.3) is 0 Å². The molecule has 0 spiro atoms. The number of benzene rings is 2. The maximum absolute atomic E-state index is 13.2. The molecule has 0 aliphatic rings. The van der Waals surface area contributed by atoms with Gasteiger partial charge in [0.2, 0.25) is 5.91 Å². The Morgan fingerprint density at radius 2 is 1.75 bits per heavy atom. The highest BCUT2D eigenvalue weighted by Gasteiger charge is 2.24. The molecule has 126 valence electrons. The number of aliphatic carboxylic acids is 1. The van der Waals surface area contributed by atoms with Crippen LogP contribution in [0.15, 0.2) is 48.5 Å². The van der Waals surface area contributed by atoms with E-state index in [-0.39, 0.29) is 6.42 Å². The van der Waals surface area contributed by atoms with Crippen LogP contribution in [-0.2, 0) is 16.0 Å². The van der Waals surface area contributed by atoms with E-state index in [1.54, 1.807) is 6.07 Å². The second-order valence-corrected chi connectivity index (χ2v) is 5.26. The van der Waals surface area contributed by atoms with E-state index >= 15 is 0 Å². The van der Waals surface area contributed by atoms with Crippen molar-refractivity contribution in [3.8, 4) is 0 Å². The Balaban J connectivity index is 2.08. The van der Waals surface area contributed by atoms with Crippen LogP contribution in [-0.4, -0.2) is 23.0 Å². The second kappa shape index (κ2) is 7.65. The van der Waals surface area contributed by atoms with Crippen molar-refractivity contribution in [1.29, 1.82) is 0 Å². The SMILES string of the molecule is N[C@H](C(=O)NC(Cc1cccc(F)c1)C(=O)O)c1ccc(F)cc1.